The smallest absolute Gasteiger partial charge is 0.211 e. The van der Waals surface area contributed by atoms with Gasteiger partial charge in [0.25, 0.3) is 0 Å². The maximum Gasteiger partial charge on any atom is 0.211 e. The van der Waals surface area contributed by atoms with Gasteiger partial charge in [0.1, 0.15) is 23.5 Å². The molecule has 0 radical (unpaired) electrons. The van der Waals surface area contributed by atoms with Crippen molar-refractivity contribution in [3.63, 3.8) is 0 Å². The number of halogens is 2. The molecule has 0 saturated carbocycles. The number of aromatic amines is 1. The SMILES string of the molecule is CC(C)Oc1cc(-n2cnc3cc(Cl)c(N[C@@H](C)c4ccc(F)cn4)nc32)n[nH]1. The maximum atomic E-state index is 13.1. The zero-order valence-corrected chi connectivity index (χ0v) is 16.8. The number of pyridine rings is 2. The van der Waals surface area contributed by atoms with Gasteiger partial charge in [0.15, 0.2) is 11.5 Å². The molecular weight excluding hydrogens is 397 g/mol. The molecule has 0 spiro atoms. The molecule has 29 heavy (non-hydrogen) atoms. The lowest BCUT2D eigenvalue weighted by molar-refractivity contribution is 0.232. The number of ether oxygens (including phenoxy) is 1. The molecule has 8 nitrogen and oxygen atoms in total. The normalized spacial score (nSPS) is 12.5. The maximum absolute atomic E-state index is 13.1. The quantitative estimate of drug-likeness (QED) is 0.488. The van der Waals surface area contributed by atoms with Crippen LogP contribution in [0.5, 0.6) is 5.88 Å². The number of fused-ring (bicyclic) bond motifs is 1. The van der Waals surface area contributed by atoms with Crippen LogP contribution in [0.1, 0.15) is 32.5 Å². The standard InChI is InChI=1S/C19H19ClFN7O/c1-10(2)29-17-7-16(26-27-17)28-9-23-15-6-13(20)18(25-19(15)28)24-11(3)14-5-4-12(21)8-22-14/h4-11H,1-3H3,(H,24,25)(H,26,27)/t11-/m0/s1. The fourth-order valence-electron chi connectivity index (χ4n) is 2.84. The van der Waals surface area contributed by atoms with Gasteiger partial charge >= 0.3 is 0 Å². The first kappa shape index (κ1) is 19.1. The van der Waals surface area contributed by atoms with Crippen LogP contribution >= 0.6 is 11.6 Å². The minimum Gasteiger partial charge on any atom is -0.475 e. The van der Waals surface area contributed by atoms with Gasteiger partial charge in [-0.15, -0.1) is 0 Å². The second-order valence-corrected chi connectivity index (χ2v) is 7.21. The average Bonchev–Trinajstić information content (AvgIpc) is 3.28. The van der Waals surface area contributed by atoms with E-state index >= 15 is 0 Å². The second kappa shape index (κ2) is 7.67. The molecule has 0 amide bonds. The van der Waals surface area contributed by atoms with Gasteiger partial charge in [-0.05, 0) is 39.0 Å². The van der Waals surface area contributed by atoms with Crippen LogP contribution in [0, 0.1) is 5.82 Å². The van der Waals surface area contributed by atoms with Gasteiger partial charge < -0.3 is 10.1 Å². The lowest BCUT2D eigenvalue weighted by atomic mass is 10.2. The van der Waals surface area contributed by atoms with E-state index in [9.17, 15) is 4.39 Å². The van der Waals surface area contributed by atoms with E-state index in [0.717, 1.165) is 0 Å². The Hall–Kier alpha value is -3.20. The van der Waals surface area contributed by atoms with Crippen molar-refractivity contribution in [2.24, 2.45) is 0 Å². The average molecular weight is 416 g/mol. The predicted molar refractivity (Wildman–Crippen MR) is 108 cm³/mol. The summed E-state index contributed by atoms with van der Waals surface area (Å²) in [6.45, 7) is 5.76. The highest BCUT2D eigenvalue weighted by molar-refractivity contribution is 6.33. The fourth-order valence-corrected chi connectivity index (χ4v) is 3.04. The third-order valence-corrected chi connectivity index (χ3v) is 4.46. The van der Waals surface area contributed by atoms with Crippen molar-refractivity contribution in [1.29, 1.82) is 0 Å². The first-order valence-electron chi connectivity index (χ1n) is 9.04. The van der Waals surface area contributed by atoms with E-state index in [-0.39, 0.29) is 18.0 Å². The molecule has 0 fully saturated rings. The molecule has 0 saturated heterocycles. The monoisotopic (exact) mass is 415 g/mol. The summed E-state index contributed by atoms with van der Waals surface area (Å²) < 4.78 is 20.5. The Kier molecular flexibility index (Phi) is 5.06. The molecule has 2 N–H and O–H groups in total. The van der Waals surface area contributed by atoms with Gasteiger partial charge in [-0.1, -0.05) is 11.6 Å². The fraction of sp³-hybridized carbons (Fsp3) is 0.263. The van der Waals surface area contributed by atoms with Gasteiger partial charge in [0.05, 0.1) is 29.1 Å². The molecule has 0 unspecified atom stereocenters. The molecule has 150 valence electrons. The van der Waals surface area contributed by atoms with E-state index in [2.05, 4.69) is 30.5 Å². The minimum absolute atomic E-state index is 0.0251. The van der Waals surface area contributed by atoms with Crippen molar-refractivity contribution in [2.75, 3.05) is 5.32 Å². The topological polar surface area (TPSA) is 93.5 Å². The number of nitrogens with one attached hydrogen (secondary N) is 2. The Morgan fingerprint density at radius 3 is 2.76 bits per heavy atom. The Morgan fingerprint density at radius 1 is 1.21 bits per heavy atom. The van der Waals surface area contributed by atoms with E-state index < -0.39 is 0 Å². The van der Waals surface area contributed by atoms with Crippen LogP contribution in [0.2, 0.25) is 5.02 Å². The molecule has 4 aromatic rings. The Morgan fingerprint density at radius 2 is 2.03 bits per heavy atom. The van der Waals surface area contributed by atoms with Gasteiger partial charge in [0.2, 0.25) is 5.88 Å². The summed E-state index contributed by atoms with van der Waals surface area (Å²) >= 11 is 6.38. The van der Waals surface area contributed by atoms with Gasteiger partial charge in [-0.3, -0.25) is 9.55 Å². The van der Waals surface area contributed by atoms with E-state index in [1.807, 2.05) is 20.8 Å². The molecule has 4 aromatic heterocycles. The molecule has 4 heterocycles. The summed E-state index contributed by atoms with van der Waals surface area (Å²) in [6.07, 6.45) is 2.82. The largest absolute Gasteiger partial charge is 0.475 e. The minimum atomic E-state index is -0.387. The van der Waals surface area contributed by atoms with E-state index in [0.29, 0.717) is 39.4 Å². The van der Waals surface area contributed by atoms with Crippen LogP contribution in [-0.2, 0) is 0 Å². The number of hydrogen-bond donors (Lipinski definition) is 2. The summed E-state index contributed by atoms with van der Waals surface area (Å²) in [4.78, 5) is 13.1. The van der Waals surface area contributed by atoms with Gasteiger partial charge in [-0.25, -0.2) is 19.5 Å². The lowest BCUT2D eigenvalue weighted by Crippen LogP contribution is -2.10. The van der Waals surface area contributed by atoms with Crippen LogP contribution in [0.4, 0.5) is 10.2 Å². The Labute approximate surface area is 171 Å². The van der Waals surface area contributed by atoms with Crippen molar-refractivity contribution in [3.8, 4) is 11.7 Å². The van der Waals surface area contributed by atoms with Crippen molar-refractivity contribution in [2.45, 2.75) is 32.9 Å². The van der Waals surface area contributed by atoms with Crippen molar-refractivity contribution in [1.82, 2.24) is 29.7 Å². The number of hydrogen-bond acceptors (Lipinski definition) is 6. The zero-order chi connectivity index (χ0) is 20.5. The third kappa shape index (κ3) is 4.00. The summed E-state index contributed by atoms with van der Waals surface area (Å²) in [6, 6.07) is 6.25. The van der Waals surface area contributed by atoms with E-state index in [4.69, 9.17) is 16.3 Å². The highest BCUT2D eigenvalue weighted by Gasteiger charge is 2.16. The molecule has 0 aliphatic carbocycles. The highest BCUT2D eigenvalue weighted by atomic mass is 35.5. The van der Waals surface area contributed by atoms with Gasteiger partial charge in [0, 0.05) is 6.07 Å². The Balaban J connectivity index is 1.65. The molecular formula is C19H19ClFN7O. The van der Waals surface area contributed by atoms with Crippen LogP contribution in [0.15, 0.2) is 36.8 Å². The molecule has 1 atom stereocenters. The van der Waals surface area contributed by atoms with Crippen LogP contribution in [0.3, 0.4) is 0 Å². The van der Waals surface area contributed by atoms with Crippen molar-refractivity contribution in [3.05, 3.63) is 53.3 Å². The number of aromatic nitrogens is 6. The summed E-state index contributed by atoms with van der Waals surface area (Å²) in [5.74, 6) is 1.23. The molecule has 0 aliphatic heterocycles. The van der Waals surface area contributed by atoms with Crippen LogP contribution < -0.4 is 10.1 Å². The van der Waals surface area contributed by atoms with Crippen molar-refractivity contribution < 1.29 is 9.13 Å². The molecule has 10 heteroatoms. The number of imidazole rings is 1. The highest BCUT2D eigenvalue weighted by Crippen LogP contribution is 2.28. The number of rotatable bonds is 6. The first-order chi connectivity index (χ1) is 13.9. The predicted octanol–water partition coefficient (Wildman–Crippen LogP) is 4.29. The Bertz CT molecular complexity index is 1140. The second-order valence-electron chi connectivity index (χ2n) is 6.80. The van der Waals surface area contributed by atoms with Crippen LogP contribution in [-0.4, -0.2) is 35.8 Å². The number of anilines is 1. The van der Waals surface area contributed by atoms with Crippen LogP contribution in [0.25, 0.3) is 17.0 Å². The summed E-state index contributed by atoms with van der Waals surface area (Å²) in [7, 11) is 0. The van der Waals surface area contributed by atoms with E-state index in [1.54, 1.807) is 29.1 Å². The number of H-pyrrole nitrogens is 1. The molecule has 4 rings (SSSR count). The van der Waals surface area contributed by atoms with E-state index in [1.165, 1.54) is 12.3 Å². The molecule has 0 bridgehead atoms. The molecule has 0 aromatic carbocycles. The lowest BCUT2D eigenvalue weighted by Gasteiger charge is -2.15. The third-order valence-electron chi connectivity index (χ3n) is 4.17. The summed E-state index contributed by atoms with van der Waals surface area (Å²) in [5.41, 5.74) is 1.88. The zero-order valence-electron chi connectivity index (χ0n) is 16.0. The first-order valence-corrected chi connectivity index (χ1v) is 9.42. The molecule has 0 aliphatic rings. The summed E-state index contributed by atoms with van der Waals surface area (Å²) in [5, 5.41) is 10.7. The van der Waals surface area contributed by atoms with Gasteiger partial charge in [-0.2, -0.15) is 5.10 Å². The van der Waals surface area contributed by atoms with Crippen molar-refractivity contribution >= 4 is 28.6 Å². The number of nitrogens with zero attached hydrogens (tertiary/aromatic N) is 5.